The Hall–Kier alpha value is -4.70. The van der Waals surface area contributed by atoms with Crippen molar-refractivity contribution in [2.75, 3.05) is 17.1 Å². The van der Waals surface area contributed by atoms with E-state index in [2.05, 4.69) is 20.0 Å². The van der Waals surface area contributed by atoms with Gasteiger partial charge in [0, 0.05) is 24.2 Å². The molecule has 0 unspecified atom stereocenters. The van der Waals surface area contributed by atoms with E-state index in [4.69, 9.17) is 9.47 Å². The van der Waals surface area contributed by atoms with Crippen LogP contribution in [0.25, 0.3) is 6.08 Å². The van der Waals surface area contributed by atoms with E-state index in [1.165, 1.54) is 42.7 Å². The molecular weight excluding hydrogens is 504 g/mol. The molecule has 1 heterocycles. The second-order valence-electron chi connectivity index (χ2n) is 8.15. The lowest BCUT2D eigenvalue weighted by Gasteiger charge is -2.12. The summed E-state index contributed by atoms with van der Waals surface area (Å²) in [5.74, 6) is 0.737. The second-order valence-corrected chi connectivity index (χ2v) is 9.83. The molecule has 0 fully saturated rings. The maximum absolute atomic E-state index is 12.5. The normalized spacial score (nSPS) is 11.2. The summed E-state index contributed by atoms with van der Waals surface area (Å²) in [7, 11) is -2.30. The van der Waals surface area contributed by atoms with Gasteiger partial charge in [0.1, 0.15) is 6.61 Å². The first-order valence-electron chi connectivity index (χ1n) is 11.6. The van der Waals surface area contributed by atoms with E-state index in [9.17, 15) is 13.2 Å². The molecule has 4 aromatic rings. The first-order chi connectivity index (χ1) is 18.3. The number of aromatic nitrogens is 2. The lowest BCUT2D eigenvalue weighted by Crippen LogP contribution is -2.15. The van der Waals surface area contributed by atoms with Crippen LogP contribution in [0.2, 0.25) is 0 Å². The van der Waals surface area contributed by atoms with Crippen LogP contribution < -0.4 is 19.5 Å². The van der Waals surface area contributed by atoms with Crippen LogP contribution >= 0.6 is 0 Å². The Morgan fingerprint density at radius 1 is 0.947 bits per heavy atom. The summed E-state index contributed by atoms with van der Waals surface area (Å²) in [6, 6.07) is 20.7. The van der Waals surface area contributed by atoms with Crippen molar-refractivity contribution in [3.8, 4) is 11.5 Å². The Labute approximate surface area is 221 Å². The van der Waals surface area contributed by atoms with Gasteiger partial charge in [0.2, 0.25) is 11.9 Å². The van der Waals surface area contributed by atoms with Crippen LogP contribution in [0.1, 0.15) is 16.7 Å². The number of rotatable bonds is 10. The molecule has 1 amide bonds. The third-order valence-corrected chi connectivity index (χ3v) is 6.83. The molecule has 2 N–H and O–H groups in total. The van der Waals surface area contributed by atoms with Crippen molar-refractivity contribution in [2.24, 2.45) is 0 Å². The van der Waals surface area contributed by atoms with Crippen LogP contribution in [-0.2, 0) is 21.4 Å². The van der Waals surface area contributed by atoms with Crippen molar-refractivity contribution in [2.45, 2.75) is 18.4 Å². The highest BCUT2D eigenvalue weighted by atomic mass is 32.2. The van der Waals surface area contributed by atoms with Gasteiger partial charge in [0.25, 0.3) is 10.0 Å². The molecule has 0 spiro atoms. The average Bonchev–Trinajstić information content (AvgIpc) is 2.92. The Kier molecular flexibility index (Phi) is 8.34. The van der Waals surface area contributed by atoms with E-state index in [0.717, 1.165) is 16.7 Å². The molecule has 9 nitrogen and oxygen atoms in total. The van der Waals surface area contributed by atoms with Gasteiger partial charge >= 0.3 is 0 Å². The fraction of sp³-hybridized carbons (Fsp3) is 0.107. The van der Waals surface area contributed by atoms with Crippen LogP contribution in [0, 0.1) is 6.92 Å². The van der Waals surface area contributed by atoms with Crippen molar-refractivity contribution >= 4 is 33.6 Å². The highest BCUT2D eigenvalue weighted by Gasteiger charge is 2.15. The van der Waals surface area contributed by atoms with Crippen LogP contribution in [0.4, 0.5) is 11.6 Å². The first-order valence-corrected chi connectivity index (χ1v) is 13.1. The fourth-order valence-electron chi connectivity index (χ4n) is 3.44. The number of nitrogens with one attached hydrogen (secondary N) is 2. The largest absolute Gasteiger partial charge is 0.493 e. The van der Waals surface area contributed by atoms with Gasteiger partial charge in [-0.15, -0.1) is 0 Å². The van der Waals surface area contributed by atoms with Gasteiger partial charge in [-0.25, -0.2) is 23.1 Å². The third-order valence-electron chi connectivity index (χ3n) is 5.48. The van der Waals surface area contributed by atoms with Gasteiger partial charge < -0.3 is 14.8 Å². The predicted molar refractivity (Wildman–Crippen MR) is 145 cm³/mol. The summed E-state index contributed by atoms with van der Waals surface area (Å²) in [5, 5.41) is 2.70. The summed E-state index contributed by atoms with van der Waals surface area (Å²) in [4.78, 5) is 20.1. The van der Waals surface area contributed by atoms with Crippen molar-refractivity contribution < 1.29 is 22.7 Å². The SMILES string of the molecule is COc1cc(C=CC(=O)Nc2ccc(S(=O)(=O)Nc3ncccn3)cc2)ccc1OCc1ccccc1C. The molecule has 38 heavy (non-hydrogen) atoms. The Balaban J connectivity index is 1.36. The zero-order valence-corrected chi connectivity index (χ0v) is 21.6. The van der Waals surface area contributed by atoms with Gasteiger partial charge in [-0.3, -0.25) is 4.79 Å². The zero-order chi connectivity index (χ0) is 27.0. The van der Waals surface area contributed by atoms with Crippen molar-refractivity contribution in [1.29, 1.82) is 0 Å². The molecule has 0 bridgehead atoms. The van der Waals surface area contributed by atoms with Gasteiger partial charge in [0.05, 0.1) is 12.0 Å². The average molecular weight is 531 g/mol. The topological polar surface area (TPSA) is 120 Å². The van der Waals surface area contributed by atoms with Crippen LogP contribution in [-0.4, -0.2) is 31.4 Å². The van der Waals surface area contributed by atoms with E-state index >= 15 is 0 Å². The van der Waals surface area contributed by atoms with E-state index in [1.54, 1.807) is 31.4 Å². The third kappa shape index (κ3) is 6.95. The minimum Gasteiger partial charge on any atom is -0.493 e. The summed E-state index contributed by atoms with van der Waals surface area (Å²) in [6.45, 7) is 2.45. The zero-order valence-electron chi connectivity index (χ0n) is 20.8. The summed E-state index contributed by atoms with van der Waals surface area (Å²) < 4.78 is 38.7. The molecule has 10 heteroatoms. The van der Waals surface area contributed by atoms with E-state index in [-0.39, 0.29) is 16.8 Å². The van der Waals surface area contributed by atoms with Gasteiger partial charge in [-0.2, -0.15) is 0 Å². The molecule has 0 radical (unpaired) electrons. The summed E-state index contributed by atoms with van der Waals surface area (Å²) in [6.07, 6.45) is 5.89. The van der Waals surface area contributed by atoms with Crippen molar-refractivity contribution in [3.63, 3.8) is 0 Å². The quantitative estimate of drug-likeness (QED) is 0.282. The minimum atomic E-state index is -3.86. The minimum absolute atomic E-state index is 0.00956. The predicted octanol–water partition coefficient (Wildman–Crippen LogP) is 4.83. The number of hydrogen-bond donors (Lipinski definition) is 2. The Bertz CT molecular complexity index is 1540. The summed E-state index contributed by atoms with van der Waals surface area (Å²) >= 11 is 0. The van der Waals surface area contributed by atoms with Gasteiger partial charge in [-0.05, 0) is 72.2 Å². The molecule has 0 aliphatic carbocycles. The van der Waals surface area contributed by atoms with E-state index in [1.807, 2.05) is 37.3 Å². The molecule has 3 aromatic carbocycles. The fourth-order valence-corrected chi connectivity index (χ4v) is 4.40. The maximum Gasteiger partial charge on any atom is 0.264 e. The van der Waals surface area contributed by atoms with Gasteiger partial charge in [-0.1, -0.05) is 30.3 Å². The standard InChI is InChI=1S/C28H26N4O5S/c1-20-6-3-4-7-22(20)19-37-25-14-8-21(18-26(25)36-2)9-15-27(33)31-23-10-12-24(13-11-23)38(34,35)32-28-29-16-5-17-30-28/h3-18H,19H2,1-2H3,(H,31,33)(H,29,30,32). The number of amides is 1. The van der Waals surface area contributed by atoms with E-state index < -0.39 is 10.0 Å². The number of sulfonamides is 1. The van der Waals surface area contributed by atoms with Crippen LogP contribution in [0.15, 0.2) is 96.2 Å². The summed E-state index contributed by atoms with van der Waals surface area (Å²) in [5.41, 5.74) is 3.41. The molecule has 0 saturated heterocycles. The smallest absolute Gasteiger partial charge is 0.264 e. The van der Waals surface area contributed by atoms with Crippen molar-refractivity contribution in [1.82, 2.24) is 9.97 Å². The Morgan fingerprint density at radius 3 is 2.39 bits per heavy atom. The number of methoxy groups -OCH3 is 1. The van der Waals surface area contributed by atoms with Crippen LogP contribution in [0.3, 0.4) is 0 Å². The van der Waals surface area contributed by atoms with E-state index in [0.29, 0.717) is 23.8 Å². The Morgan fingerprint density at radius 2 is 1.68 bits per heavy atom. The maximum atomic E-state index is 12.5. The molecular formula is C28H26N4O5S. The second kappa shape index (κ2) is 12.0. The monoisotopic (exact) mass is 530 g/mol. The molecule has 0 atom stereocenters. The molecule has 4 rings (SSSR count). The number of anilines is 2. The lowest BCUT2D eigenvalue weighted by atomic mass is 10.1. The number of carbonyl (C=O) groups excluding carboxylic acids is 1. The molecule has 0 saturated carbocycles. The molecule has 194 valence electrons. The number of benzene rings is 3. The van der Waals surface area contributed by atoms with Gasteiger partial charge in [0.15, 0.2) is 11.5 Å². The highest BCUT2D eigenvalue weighted by molar-refractivity contribution is 7.92. The molecule has 1 aromatic heterocycles. The molecule has 0 aliphatic rings. The number of nitrogens with zero attached hydrogens (tertiary/aromatic N) is 2. The van der Waals surface area contributed by atoms with Crippen LogP contribution in [0.5, 0.6) is 11.5 Å². The lowest BCUT2D eigenvalue weighted by molar-refractivity contribution is -0.111. The number of hydrogen-bond acceptors (Lipinski definition) is 7. The number of carbonyl (C=O) groups is 1. The number of aryl methyl sites for hydroxylation is 1. The number of ether oxygens (including phenoxy) is 2. The highest BCUT2D eigenvalue weighted by Crippen LogP contribution is 2.29. The van der Waals surface area contributed by atoms with Crippen molar-refractivity contribution in [3.05, 3.63) is 108 Å². The first kappa shape index (κ1) is 26.4. The molecule has 0 aliphatic heterocycles.